The minimum atomic E-state index is -0.0737. The van der Waals surface area contributed by atoms with Gasteiger partial charge in [-0.3, -0.25) is 4.79 Å². The third-order valence-electron chi connectivity index (χ3n) is 6.60. The van der Waals surface area contributed by atoms with Crippen molar-refractivity contribution < 1.29 is 9.53 Å². The van der Waals surface area contributed by atoms with Gasteiger partial charge in [-0.15, -0.1) is 0 Å². The van der Waals surface area contributed by atoms with Gasteiger partial charge in [-0.05, 0) is 66.1 Å². The second kappa shape index (κ2) is 13.1. The third-order valence-corrected chi connectivity index (χ3v) is 6.60. The van der Waals surface area contributed by atoms with Gasteiger partial charge in [0.1, 0.15) is 11.6 Å². The van der Waals surface area contributed by atoms with Crippen LogP contribution in [0.25, 0.3) is 17.1 Å². The molecule has 0 aliphatic carbocycles. The molecule has 4 rings (SSSR count). The lowest BCUT2D eigenvalue weighted by atomic mass is 9.87. The molecule has 1 amide bonds. The topological polar surface area (TPSA) is 56.1 Å². The third kappa shape index (κ3) is 7.82. The highest BCUT2D eigenvalue weighted by atomic mass is 16.5. The SMILES string of the molecule is CC(C)(C)c1ccc(OCCCCn2c(CCCNC(=O)/C=C/c3ccccc3)nc3ccccc32)cc1. The number of rotatable bonds is 12. The Morgan fingerprint density at radius 3 is 2.42 bits per heavy atom. The highest BCUT2D eigenvalue weighted by Crippen LogP contribution is 2.24. The van der Waals surface area contributed by atoms with Gasteiger partial charge in [0.2, 0.25) is 5.91 Å². The Morgan fingerprint density at radius 1 is 0.921 bits per heavy atom. The number of unbranched alkanes of at least 4 members (excludes halogenated alkanes) is 1. The molecule has 4 aromatic rings. The van der Waals surface area contributed by atoms with Crippen molar-refractivity contribution in [2.75, 3.05) is 13.2 Å². The first-order valence-corrected chi connectivity index (χ1v) is 13.6. The van der Waals surface area contributed by atoms with E-state index in [2.05, 4.69) is 73.1 Å². The van der Waals surface area contributed by atoms with Gasteiger partial charge in [0.05, 0.1) is 17.6 Å². The van der Waals surface area contributed by atoms with Gasteiger partial charge in [-0.2, -0.15) is 0 Å². The Balaban J connectivity index is 1.24. The molecule has 0 saturated carbocycles. The van der Waals surface area contributed by atoms with Crippen LogP contribution in [0.5, 0.6) is 5.75 Å². The normalized spacial score (nSPS) is 11.8. The number of aromatic nitrogens is 2. The molecule has 1 N–H and O–H groups in total. The van der Waals surface area contributed by atoms with E-state index < -0.39 is 0 Å². The van der Waals surface area contributed by atoms with Crippen molar-refractivity contribution in [1.29, 1.82) is 0 Å². The molecule has 5 nitrogen and oxygen atoms in total. The van der Waals surface area contributed by atoms with Crippen LogP contribution in [0.3, 0.4) is 0 Å². The molecule has 0 bridgehead atoms. The highest BCUT2D eigenvalue weighted by molar-refractivity contribution is 5.91. The van der Waals surface area contributed by atoms with Crippen molar-refractivity contribution in [3.05, 3.63) is 102 Å². The van der Waals surface area contributed by atoms with Crippen molar-refractivity contribution in [2.24, 2.45) is 0 Å². The van der Waals surface area contributed by atoms with Gasteiger partial charge < -0.3 is 14.6 Å². The average molecular weight is 510 g/mol. The summed E-state index contributed by atoms with van der Waals surface area (Å²) >= 11 is 0. The molecule has 0 atom stereocenters. The number of hydrogen-bond acceptors (Lipinski definition) is 3. The summed E-state index contributed by atoms with van der Waals surface area (Å²) in [5.41, 5.74) is 4.66. The van der Waals surface area contributed by atoms with Gasteiger partial charge in [0.25, 0.3) is 0 Å². The van der Waals surface area contributed by atoms with E-state index in [0.717, 1.165) is 60.4 Å². The van der Waals surface area contributed by atoms with Crippen LogP contribution in [0, 0.1) is 0 Å². The number of hydrogen-bond donors (Lipinski definition) is 1. The molecule has 0 saturated heterocycles. The lowest BCUT2D eigenvalue weighted by Gasteiger charge is -2.19. The molecule has 5 heteroatoms. The molecular weight excluding hydrogens is 470 g/mol. The molecule has 1 heterocycles. The van der Waals surface area contributed by atoms with Crippen molar-refractivity contribution in [2.45, 2.75) is 58.4 Å². The molecule has 0 aliphatic rings. The second-order valence-electron chi connectivity index (χ2n) is 10.6. The summed E-state index contributed by atoms with van der Waals surface area (Å²) < 4.78 is 8.31. The van der Waals surface area contributed by atoms with Crippen molar-refractivity contribution >= 4 is 23.0 Å². The largest absolute Gasteiger partial charge is 0.494 e. The number of para-hydroxylation sites is 2. The first-order valence-electron chi connectivity index (χ1n) is 13.6. The number of benzene rings is 3. The van der Waals surface area contributed by atoms with E-state index >= 15 is 0 Å². The maximum atomic E-state index is 12.2. The summed E-state index contributed by atoms with van der Waals surface area (Å²) in [6.45, 7) is 8.86. The molecule has 0 radical (unpaired) electrons. The lowest BCUT2D eigenvalue weighted by molar-refractivity contribution is -0.116. The van der Waals surface area contributed by atoms with E-state index in [9.17, 15) is 4.79 Å². The number of imidazole rings is 1. The van der Waals surface area contributed by atoms with Crippen molar-refractivity contribution in [3.8, 4) is 5.75 Å². The fraction of sp³-hybridized carbons (Fsp3) is 0.333. The summed E-state index contributed by atoms with van der Waals surface area (Å²) in [5, 5.41) is 2.98. The molecule has 1 aromatic heterocycles. The quantitative estimate of drug-likeness (QED) is 0.166. The smallest absolute Gasteiger partial charge is 0.243 e. The van der Waals surface area contributed by atoms with Crippen LogP contribution in [0.1, 0.15) is 57.0 Å². The van der Waals surface area contributed by atoms with E-state index in [1.54, 1.807) is 6.08 Å². The first-order chi connectivity index (χ1) is 18.4. The minimum Gasteiger partial charge on any atom is -0.494 e. The molecule has 38 heavy (non-hydrogen) atoms. The first kappa shape index (κ1) is 27.2. The summed E-state index contributed by atoms with van der Waals surface area (Å²) in [6.07, 6.45) is 7.05. The van der Waals surface area contributed by atoms with E-state index in [-0.39, 0.29) is 11.3 Å². The standard InChI is InChI=1S/C33H39N3O2/c1-33(2,3)27-18-20-28(21-19-27)38-25-10-9-24-36-30-15-8-7-14-29(30)35-31(36)16-11-23-34-32(37)22-17-26-12-5-4-6-13-26/h4-8,12-15,17-22H,9-11,16,23-25H2,1-3H3,(H,34,37)/b22-17+. The van der Waals surface area contributed by atoms with Crippen molar-refractivity contribution in [1.82, 2.24) is 14.9 Å². The molecule has 0 unspecified atom stereocenters. The van der Waals surface area contributed by atoms with Gasteiger partial charge in [0, 0.05) is 25.6 Å². The van der Waals surface area contributed by atoms with Crippen LogP contribution in [-0.2, 0) is 23.2 Å². The Kier molecular flexibility index (Phi) is 9.36. The monoisotopic (exact) mass is 509 g/mol. The predicted molar refractivity (Wildman–Crippen MR) is 156 cm³/mol. The lowest BCUT2D eigenvalue weighted by Crippen LogP contribution is -2.22. The highest BCUT2D eigenvalue weighted by Gasteiger charge is 2.13. The summed E-state index contributed by atoms with van der Waals surface area (Å²) in [6, 6.07) is 26.6. The zero-order valence-corrected chi connectivity index (χ0v) is 22.8. The number of carbonyl (C=O) groups excluding carboxylic acids is 1. The molecule has 198 valence electrons. The van der Waals surface area contributed by atoms with Crippen LogP contribution in [0.2, 0.25) is 0 Å². The van der Waals surface area contributed by atoms with Gasteiger partial charge in [0.15, 0.2) is 0 Å². The maximum Gasteiger partial charge on any atom is 0.243 e. The second-order valence-corrected chi connectivity index (χ2v) is 10.6. The van der Waals surface area contributed by atoms with Gasteiger partial charge >= 0.3 is 0 Å². The fourth-order valence-electron chi connectivity index (χ4n) is 4.43. The average Bonchev–Trinajstić information content (AvgIpc) is 3.27. The Bertz CT molecular complexity index is 1330. The van der Waals surface area contributed by atoms with E-state index in [0.29, 0.717) is 13.2 Å². The van der Waals surface area contributed by atoms with Crippen LogP contribution in [0.15, 0.2) is 84.9 Å². The molecular formula is C33H39N3O2. The zero-order chi connectivity index (χ0) is 26.8. The van der Waals surface area contributed by atoms with Gasteiger partial charge in [-0.25, -0.2) is 4.98 Å². The minimum absolute atomic E-state index is 0.0737. The maximum absolute atomic E-state index is 12.2. The van der Waals surface area contributed by atoms with E-state index in [1.165, 1.54) is 5.56 Å². The summed E-state index contributed by atoms with van der Waals surface area (Å²) in [5.74, 6) is 1.92. The number of nitrogens with zero attached hydrogens (tertiary/aromatic N) is 2. The van der Waals surface area contributed by atoms with Crippen molar-refractivity contribution in [3.63, 3.8) is 0 Å². The number of nitrogens with one attached hydrogen (secondary N) is 1. The van der Waals surface area contributed by atoms with Crippen LogP contribution >= 0.6 is 0 Å². The van der Waals surface area contributed by atoms with Gasteiger partial charge in [-0.1, -0.05) is 75.4 Å². The molecule has 3 aromatic carbocycles. The van der Waals surface area contributed by atoms with Crippen LogP contribution < -0.4 is 10.1 Å². The predicted octanol–water partition coefficient (Wildman–Crippen LogP) is 6.96. The number of fused-ring (bicyclic) bond motifs is 1. The molecule has 0 fully saturated rings. The van der Waals surface area contributed by atoms with E-state index in [1.807, 2.05) is 42.5 Å². The van der Waals surface area contributed by atoms with Crippen LogP contribution in [0.4, 0.5) is 0 Å². The molecule has 0 aliphatic heterocycles. The number of carbonyl (C=O) groups is 1. The summed E-state index contributed by atoms with van der Waals surface area (Å²) in [4.78, 5) is 17.1. The number of aryl methyl sites for hydroxylation is 2. The Hall–Kier alpha value is -3.86. The summed E-state index contributed by atoms with van der Waals surface area (Å²) in [7, 11) is 0. The number of amides is 1. The fourth-order valence-corrected chi connectivity index (χ4v) is 4.43. The molecule has 0 spiro atoms. The Labute approximate surface area is 226 Å². The zero-order valence-electron chi connectivity index (χ0n) is 22.8. The van der Waals surface area contributed by atoms with Crippen LogP contribution in [-0.4, -0.2) is 28.6 Å². The number of ether oxygens (including phenoxy) is 1. The Morgan fingerprint density at radius 2 is 1.66 bits per heavy atom. The van der Waals surface area contributed by atoms with E-state index in [4.69, 9.17) is 9.72 Å².